The van der Waals surface area contributed by atoms with E-state index in [1.807, 2.05) is 0 Å². The van der Waals surface area contributed by atoms with Crippen molar-refractivity contribution >= 4 is 17.8 Å². The van der Waals surface area contributed by atoms with Gasteiger partial charge in [-0.05, 0) is 19.3 Å². The van der Waals surface area contributed by atoms with Crippen molar-refractivity contribution in [3.05, 3.63) is 11.4 Å². The minimum Gasteiger partial charge on any atom is -0.357 e. The van der Waals surface area contributed by atoms with E-state index in [2.05, 4.69) is 31.1 Å². The predicted molar refractivity (Wildman–Crippen MR) is 64.0 cm³/mol. The third-order valence-corrected chi connectivity index (χ3v) is 2.85. The zero-order valence-electron chi connectivity index (χ0n) is 9.59. The molecule has 0 aromatic heterocycles. The molecule has 1 N–H and O–H groups in total. The number of rotatable bonds is 5. The Labute approximate surface area is 96.6 Å². The number of ether oxygens (including phenoxy) is 1. The predicted octanol–water partition coefficient (Wildman–Crippen LogP) is 3.01. The Kier molecular flexibility index (Phi) is 4.61. The monoisotopic (exact) mass is 230 g/mol. The van der Waals surface area contributed by atoms with Crippen LogP contribution in [0, 0.1) is 0 Å². The van der Waals surface area contributed by atoms with Crippen LogP contribution in [-0.2, 0) is 4.74 Å². The summed E-state index contributed by atoms with van der Waals surface area (Å²) in [6.07, 6.45) is 6.54. The normalized spacial score (nSPS) is 25.3. The van der Waals surface area contributed by atoms with E-state index in [1.54, 1.807) is 12.4 Å². The lowest BCUT2D eigenvalue weighted by atomic mass is 10.1. The maximum atomic E-state index is 6.01. The first-order valence-corrected chi connectivity index (χ1v) is 5.90. The van der Waals surface area contributed by atoms with Gasteiger partial charge in [0.05, 0.1) is 12.3 Å². The van der Waals surface area contributed by atoms with Gasteiger partial charge >= 0.3 is 0 Å². The number of nitrogens with one attached hydrogen (secondary N) is 1. The highest BCUT2D eigenvalue weighted by molar-refractivity contribution is 6.29. The molecule has 0 radical (unpaired) electrons. The molecule has 0 saturated heterocycles. The van der Waals surface area contributed by atoms with E-state index < -0.39 is 5.72 Å². The summed E-state index contributed by atoms with van der Waals surface area (Å²) in [6, 6.07) is 0. The number of hydrogen-bond acceptors (Lipinski definition) is 3. The van der Waals surface area contributed by atoms with Crippen molar-refractivity contribution in [1.29, 1.82) is 0 Å². The molecule has 1 atom stereocenters. The van der Waals surface area contributed by atoms with E-state index in [9.17, 15) is 0 Å². The van der Waals surface area contributed by atoms with Gasteiger partial charge in [0.25, 0.3) is 0 Å². The molecule has 0 spiro atoms. The van der Waals surface area contributed by atoms with Crippen LogP contribution in [0.15, 0.2) is 16.3 Å². The van der Waals surface area contributed by atoms with Crippen LogP contribution < -0.4 is 5.32 Å². The van der Waals surface area contributed by atoms with Gasteiger partial charge in [0.1, 0.15) is 5.16 Å². The lowest BCUT2D eigenvalue weighted by Crippen LogP contribution is -2.49. The molecule has 1 heterocycles. The van der Waals surface area contributed by atoms with Gasteiger partial charge in [0, 0.05) is 6.20 Å². The molecule has 0 amide bonds. The van der Waals surface area contributed by atoms with E-state index in [4.69, 9.17) is 16.3 Å². The number of nitrogens with zero attached hydrogens (tertiary/aromatic N) is 1. The van der Waals surface area contributed by atoms with E-state index in [0.717, 1.165) is 19.3 Å². The Balaban J connectivity index is 2.67. The van der Waals surface area contributed by atoms with Gasteiger partial charge in [0.15, 0.2) is 5.72 Å². The topological polar surface area (TPSA) is 33.6 Å². The van der Waals surface area contributed by atoms with Crippen LogP contribution in [0.4, 0.5) is 0 Å². The van der Waals surface area contributed by atoms with E-state index in [0.29, 0.717) is 5.16 Å². The van der Waals surface area contributed by atoms with Gasteiger partial charge < -0.3 is 10.1 Å². The highest BCUT2D eigenvalue weighted by atomic mass is 35.5. The van der Waals surface area contributed by atoms with E-state index in [-0.39, 0.29) is 6.10 Å². The minimum absolute atomic E-state index is 0.258. The molecule has 1 aliphatic heterocycles. The minimum atomic E-state index is -0.477. The maximum Gasteiger partial charge on any atom is 0.174 e. The van der Waals surface area contributed by atoms with Gasteiger partial charge in [-0.15, -0.1) is 0 Å². The summed E-state index contributed by atoms with van der Waals surface area (Å²) in [6.45, 7) is 6.31. The Hall–Kier alpha value is -0.540. The number of aliphatic imine (C=N–C) groups is 1. The molecule has 1 aliphatic rings. The summed E-state index contributed by atoms with van der Waals surface area (Å²) >= 11 is 5.75. The fraction of sp³-hybridized carbons (Fsp3) is 0.727. The molecule has 15 heavy (non-hydrogen) atoms. The van der Waals surface area contributed by atoms with Gasteiger partial charge in [-0.25, -0.2) is 4.99 Å². The molecule has 0 aliphatic carbocycles. The van der Waals surface area contributed by atoms with Crippen LogP contribution >= 0.6 is 11.6 Å². The lowest BCUT2D eigenvalue weighted by Gasteiger charge is -2.34. The zero-order valence-corrected chi connectivity index (χ0v) is 10.3. The van der Waals surface area contributed by atoms with Crippen molar-refractivity contribution in [3.8, 4) is 0 Å². The molecule has 1 unspecified atom stereocenters. The molecule has 3 nitrogen and oxygen atoms in total. The van der Waals surface area contributed by atoms with Crippen LogP contribution in [0.5, 0.6) is 0 Å². The highest BCUT2D eigenvalue weighted by Gasteiger charge is 2.30. The van der Waals surface area contributed by atoms with Gasteiger partial charge in [-0.3, -0.25) is 0 Å². The van der Waals surface area contributed by atoms with Crippen molar-refractivity contribution in [3.63, 3.8) is 0 Å². The largest absolute Gasteiger partial charge is 0.357 e. The van der Waals surface area contributed by atoms with Crippen LogP contribution in [0.25, 0.3) is 0 Å². The Morgan fingerprint density at radius 2 is 2.13 bits per heavy atom. The standard InChI is InChI=1S/C11H19ClN2O/c1-4-9(5-2)15-11(6-3)8-13-10(12)7-14-11/h7-9,14H,4-6H2,1-3H3. The summed E-state index contributed by atoms with van der Waals surface area (Å²) in [7, 11) is 0. The quantitative estimate of drug-likeness (QED) is 0.737. The molecule has 86 valence electrons. The van der Waals surface area contributed by atoms with E-state index in [1.165, 1.54) is 0 Å². The number of hydrogen-bond donors (Lipinski definition) is 1. The van der Waals surface area contributed by atoms with E-state index >= 15 is 0 Å². The molecular formula is C11H19ClN2O. The SMILES string of the molecule is CCC(CC)OC1(CC)C=NC(Cl)=CN1. The summed E-state index contributed by atoms with van der Waals surface area (Å²) < 4.78 is 6.01. The maximum absolute atomic E-state index is 6.01. The van der Waals surface area contributed by atoms with Crippen LogP contribution in [-0.4, -0.2) is 18.0 Å². The molecule has 1 rings (SSSR count). The van der Waals surface area contributed by atoms with Gasteiger partial charge in [0.2, 0.25) is 0 Å². The van der Waals surface area contributed by atoms with Crippen LogP contribution in [0.2, 0.25) is 0 Å². The molecule has 0 saturated carbocycles. The van der Waals surface area contributed by atoms with Crippen molar-refractivity contribution in [1.82, 2.24) is 5.32 Å². The molecule has 0 bridgehead atoms. The summed E-state index contributed by atoms with van der Waals surface area (Å²) in [5.41, 5.74) is -0.477. The van der Waals surface area contributed by atoms with Gasteiger partial charge in [-0.1, -0.05) is 32.4 Å². The van der Waals surface area contributed by atoms with Crippen molar-refractivity contribution in [2.24, 2.45) is 4.99 Å². The first kappa shape index (κ1) is 12.5. The third kappa shape index (κ3) is 3.21. The smallest absolute Gasteiger partial charge is 0.174 e. The molecule has 0 aromatic rings. The molecule has 0 aromatic carbocycles. The molecular weight excluding hydrogens is 212 g/mol. The average molecular weight is 231 g/mol. The summed E-state index contributed by atoms with van der Waals surface area (Å²) in [4.78, 5) is 4.09. The second kappa shape index (κ2) is 5.52. The summed E-state index contributed by atoms with van der Waals surface area (Å²) in [5.74, 6) is 0. The van der Waals surface area contributed by atoms with Crippen molar-refractivity contribution < 1.29 is 4.74 Å². The Bertz CT molecular complexity index is 261. The van der Waals surface area contributed by atoms with Crippen LogP contribution in [0.3, 0.4) is 0 Å². The van der Waals surface area contributed by atoms with Crippen LogP contribution in [0.1, 0.15) is 40.0 Å². The first-order valence-electron chi connectivity index (χ1n) is 5.52. The highest BCUT2D eigenvalue weighted by Crippen LogP contribution is 2.21. The fourth-order valence-electron chi connectivity index (χ4n) is 1.52. The lowest BCUT2D eigenvalue weighted by molar-refractivity contribution is -0.0652. The number of halogens is 1. The Morgan fingerprint density at radius 1 is 1.47 bits per heavy atom. The van der Waals surface area contributed by atoms with Crippen molar-refractivity contribution in [2.45, 2.75) is 51.9 Å². The Morgan fingerprint density at radius 3 is 2.53 bits per heavy atom. The zero-order chi connectivity index (χ0) is 11.3. The average Bonchev–Trinajstić information content (AvgIpc) is 2.29. The third-order valence-electron chi connectivity index (χ3n) is 2.64. The van der Waals surface area contributed by atoms with Crippen molar-refractivity contribution in [2.75, 3.05) is 0 Å². The molecule has 0 fully saturated rings. The second-order valence-corrected chi connectivity index (χ2v) is 4.06. The summed E-state index contributed by atoms with van der Waals surface area (Å²) in [5, 5.41) is 3.63. The van der Waals surface area contributed by atoms with Gasteiger partial charge in [-0.2, -0.15) is 0 Å². The first-order chi connectivity index (χ1) is 7.15. The fourth-order valence-corrected chi connectivity index (χ4v) is 1.62. The molecule has 4 heteroatoms. The second-order valence-electron chi connectivity index (χ2n) is 3.67.